The highest BCUT2D eigenvalue weighted by Crippen LogP contribution is 2.49. The molecule has 1 nitrogen and oxygen atoms in total. The molecule has 2 heteroatoms. The monoisotopic (exact) mass is 161 g/mol. The lowest BCUT2D eigenvalue weighted by molar-refractivity contribution is 0.297. The number of hydrogen-bond acceptors (Lipinski definition) is 1. The van der Waals surface area contributed by atoms with Gasteiger partial charge in [0.25, 0.3) is 0 Å². The molecular weight excluding hydrogens is 146 g/mol. The van der Waals surface area contributed by atoms with Crippen LogP contribution in [-0.2, 0) is 0 Å². The van der Waals surface area contributed by atoms with Gasteiger partial charge in [-0.15, -0.1) is 12.4 Å². The molecule has 2 fully saturated rings. The van der Waals surface area contributed by atoms with Crippen molar-refractivity contribution in [1.29, 1.82) is 0 Å². The third kappa shape index (κ3) is 1.06. The first-order chi connectivity index (χ1) is 4.18. The summed E-state index contributed by atoms with van der Waals surface area (Å²) in [7, 11) is 0. The van der Waals surface area contributed by atoms with E-state index in [1.807, 2.05) is 0 Å². The molecule has 0 amide bonds. The van der Waals surface area contributed by atoms with Crippen LogP contribution in [0.3, 0.4) is 0 Å². The van der Waals surface area contributed by atoms with Crippen LogP contribution in [0, 0.1) is 11.8 Å². The van der Waals surface area contributed by atoms with Crippen molar-refractivity contribution in [3.05, 3.63) is 0 Å². The van der Waals surface area contributed by atoms with Crippen molar-refractivity contribution >= 4 is 12.4 Å². The lowest BCUT2D eigenvalue weighted by Crippen LogP contribution is -2.41. The van der Waals surface area contributed by atoms with Gasteiger partial charge in [0.05, 0.1) is 0 Å². The third-order valence-corrected chi connectivity index (χ3v) is 3.20. The van der Waals surface area contributed by atoms with E-state index < -0.39 is 0 Å². The second-order valence-corrected chi connectivity index (χ2v) is 4.09. The predicted molar refractivity (Wildman–Crippen MR) is 45.3 cm³/mol. The molecule has 2 bridgehead atoms. The Balaban J connectivity index is 0.000000500. The number of halogens is 1. The summed E-state index contributed by atoms with van der Waals surface area (Å²) in [5.74, 6) is 1.85. The molecule has 0 aliphatic heterocycles. The maximum absolute atomic E-state index is 6.06. The van der Waals surface area contributed by atoms with Gasteiger partial charge in [-0.25, -0.2) is 0 Å². The molecule has 10 heavy (non-hydrogen) atoms. The van der Waals surface area contributed by atoms with E-state index >= 15 is 0 Å². The molecule has 3 atom stereocenters. The Hall–Kier alpha value is 0.250. The van der Waals surface area contributed by atoms with Crippen LogP contribution in [0.2, 0.25) is 0 Å². The van der Waals surface area contributed by atoms with Crippen LogP contribution in [0.15, 0.2) is 0 Å². The summed E-state index contributed by atoms with van der Waals surface area (Å²) in [6.45, 7) is 2.22. The maximum Gasteiger partial charge on any atom is 0.0157 e. The van der Waals surface area contributed by atoms with E-state index in [2.05, 4.69) is 6.92 Å². The molecule has 0 aromatic rings. The first-order valence-corrected chi connectivity index (χ1v) is 3.97. The number of rotatable bonds is 0. The van der Waals surface area contributed by atoms with E-state index in [1.165, 1.54) is 25.7 Å². The summed E-state index contributed by atoms with van der Waals surface area (Å²) < 4.78 is 0. The zero-order valence-electron chi connectivity index (χ0n) is 6.47. The fraction of sp³-hybridized carbons (Fsp3) is 1.00. The second-order valence-electron chi connectivity index (χ2n) is 4.09. The van der Waals surface area contributed by atoms with Gasteiger partial charge in [-0.3, -0.25) is 0 Å². The second kappa shape index (κ2) is 2.38. The van der Waals surface area contributed by atoms with Crippen molar-refractivity contribution in [2.75, 3.05) is 0 Å². The molecule has 2 aliphatic carbocycles. The van der Waals surface area contributed by atoms with Crippen LogP contribution in [0.5, 0.6) is 0 Å². The Kier molecular flexibility index (Phi) is 1.99. The average molecular weight is 162 g/mol. The summed E-state index contributed by atoms with van der Waals surface area (Å²) in [6, 6.07) is 0. The molecule has 2 aliphatic rings. The number of hydrogen-bond donors (Lipinski definition) is 1. The molecule has 0 aromatic heterocycles. The quantitative estimate of drug-likeness (QED) is 0.578. The summed E-state index contributed by atoms with van der Waals surface area (Å²) in [5.41, 5.74) is 6.27. The van der Waals surface area contributed by atoms with Gasteiger partial charge < -0.3 is 5.73 Å². The molecule has 2 saturated carbocycles. The molecule has 60 valence electrons. The fourth-order valence-electron chi connectivity index (χ4n) is 2.65. The highest BCUT2D eigenvalue weighted by Gasteiger charge is 2.45. The Labute approximate surface area is 68.8 Å². The summed E-state index contributed by atoms with van der Waals surface area (Å²) in [4.78, 5) is 0. The highest BCUT2D eigenvalue weighted by molar-refractivity contribution is 5.85. The maximum atomic E-state index is 6.06. The predicted octanol–water partition coefficient (Wildman–Crippen LogP) is 1.95. The largest absolute Gasteiger partial charge is 0.325 e. The minimum absolute atomic E-state index is 0. The van der Waals surface area contributed by atoms with Crippen molar-refractivity contribution in [3.63, 3.8) is 0 Å². The molecule has 0 radical (unpaired) electrons. The zero-order valence-corrected chi connectivity index (χ0v) is 7.29. The van der Waals surface area contributed by atoms with E-state index in [4.69, 9.17) is 5.73 Å². The van der Waals surface area contributed by atoms with Gasteiger partial charge in [0.2, 0.25) is 0 Å². The zero-order chi connectivity index (χ0) is 6.48. The fourth-order valence-corrected chi connectivity index (χ4v) is 2.65. The normalized spacial score (nSPS) is 51.0. The molecule has 2 N–H and O–H groups in total. The van der Waals surface area contributed by atoms with E-state index in [9.17, 15) is 0 Å². The van der Waals surface area contributed by atoms with Crippen LogP contribution in [0.25, 0.3) is 0 Å². The van der Waals surface area contributed by atoms with Crippen LogP contribution >= 0.6 is 12.4 Å². The van der Waals surface area contributed by atoms with Crippen molar-refractivity contribution in [2.24, 2.45) is 17.6 Å². The van der Waals surface area contributed by atoms with Crippen molar-refractivity contribution in [1.82, 2.24) is 0 Å². The van der Waals surface area contributed by atoms with Crippen molar-refractivity contribution < 1.29 is 0 Å². The molecule has 0 aromatic carbocycles. The highest BCUT2D eigenvalue weighted by atomic mass is 35.5. The average Bonchev–Trinajstić information content (AvgIpc) is 2.19. The van der Waals surface area contributed by atoms with E-state index in [0.717, 1.165) is 11.8 Å². The lowest BCUT2D eigenvalue weighted by atomic mass is 9.84. The molecule has 0 unspecified atom stereocenters. The Morgan fingerprint density at radius 2 is 2.10 bits per heavy atom. The summed E-state index contributed by atoms with van der Waals surface area (Å²) in [6.07, 6.45) is 5.57. The molecule has 0 spiro atoms. The van der Waals surface area contributed by atoms with E-state index in [1.54, 1.807) is 0 Å². The third-order valence-electron chi connectivity index (χ3n) is 3.20. The van der Waals surface area contributed by atoms with Gasteiger partial charge in [-0.05, 0) is 38.0 Å². The Morgan fingerprint density at radius 1 is 1.40 bits per heavy atom. The van der Waals surface area contributed by atoms with Crippen LogP contribution in [0.1, 0.15) is 32.6 Å². The van der Waals surface area contributed by atoms with Crippen LogP contribution in [0.4, 0.5) is 0 Å². The number of nitrogens with two attached hydrogens (primary N) is 1. The molecule has 0 saturated heterocycles. The Bertz CT molecular complexity index is 133. The minimum atomic E-state index is 0. The minimum Gasteiger partial charge on any atom is -0.325 e. The molecular formula is C8H16ClN. The van der Waals surface area contributed by atoms with Crippen molar-refractivity contribution in [2.45, 2.75) is 38.1 Å². The van der Waals surface area contributed by atoms with E-state index in [0.29, 0.717) is 0 Å². The lowest BCUT2D eigenvalue weighted by Gasteiger charge is -2.29. The van der Waals surface area contributed by atoms with Gasteiger partial charge in [0, 0.05) is 5.54 Å². The summed E-state index contributed by atoms with van der Waals surface area (Å²) in [5, 5.41) is 0. The van der Waals surface area contributed by atoms with Gasteiger partial charge in [-0.2, -0.15) is 0 Å². The molecule has 0 heterocycles. The van der Waals surface area contributed by atoms with Gasteiger partial charge in [-0.1, -0.05) is 6.42 Å². The first-order valence-electron chi connectivity index (χ1n) is 3.97. The first kappa shape index (κ1) is 8.35. The SMILES string of the molecule is C[C@]1(N)C[C@H]2CC[C@@H]1C2.Cl. The summed E-state index contributed by atoms with van der Waals surface area (Å²) >= 11 is 0. The molecule has 2 rings (SSSR count). The van der Waals surface area contributed by atoms with Crippen molar-refractivity contribution in [3.8, 4) is 0 Å². The van der Waals surface area contributed by atoms with E-state index in [-0.39, 0.29) is 17.9 Å². The van der Waals surface area contributed by atoms with Gasteiger partial charge in [0.1, 0.15) is 0 Å². The Morgan fingerprint density at radius 3 is 2.30 bits per heavy atom. The number of fused-ring (bicyclic) bond motifs is 2. The van der Waals surface area contributed by atoms with Crippen LogP contribution in [-0.4, -0.2) is 5.54 Å². The van der Waals surface area contributed by atoms with Gasteiger partial charge >= 0.3 is 0 Å². The smallest absolute Gasteiger partial charge is 0.0157 e. The standard InChI is InChI=1S/C8H15N.ClH/c1-8(9)5-6-2-3-7(8)4-6;/h6-7H,2-5,9H2,1H3;1H/t6-,7+,8-;/m0./s1. The topological polar surface area (TPSA) is 26.0 Å². The van der Waals surface area contributed by atoms with Gasteiger partial charge in [0.15, 0.2) is 0 Å². The van der Waals surface area contributed by atoms with Crippen LogP contribution < -0.4 is 5.73 Å².